The molecule has 0 unspecified atom stereocenters. The number of rotatable bonds is 2. The topological polar surface area (TPSA) is 26.0 Å². The van der Waals surface area contributed by atoms with Crippen LogP contribution in [0.25, 0.3) is 0 Å². The van der Waals surface area contributed by atoms with E-state index >= 15 is 0 Å². The quantitative estimate of drug-likeness (QED) is 0.745. The number of nitrogens with zero attached hydrogens (tertiary/aromatic N) is 1. The maximum Gasteiger partial charge on any atom is 0.198 e. The van der Waals surface area contributed by atoms with Gasteiger partial charge in [0.25, 0.3) is 0 Å². The second-order valence-electron chi connectivity index (χ2n) is 3.97. The van der Waals surface area contributed by atoms with E-state index < -0.39 is 0 Å². The van der Waals surface area contributed by atoms with Crippen LogP contribution < -0.4 is 0 Å². The van der Waals surface area contributed by atoms with E-state index in [1.807, 2.05) is 6.92 Å². The second kappa shape index (κ2) is 3.89. The summed E-state index contributed by atoms with van der Waals surface area (Å²) in [6.07, 6.45) is 2.54. The predicted molar refractivity (Wildman–Crippen MR) is 60.0 cm³/mol. The normalized spacial score (nSPS) is 10.6. The van der Waals surface area contributed by atoms with E-state index in [-0.39, 0.29) is 0 Å². The molecule has 0 saturated carbocycles. The summed E-state index contributed by atoms with van der Waals surface area (Å²) in [4.78, 5) is 4.22. The van der Waals surface area contributed by atoms with Crippen molar-refractivity contribution in [2.24, 2.45) is 0 Å². The van der Waals surface area contributed by atoms with Crippen molar-refractivity contribution < 1.29 is 4.42 Å². The Morgan fingerprint density at radius 1 is 1.20 bits per heavy atom. The molecular weight excluding hydrogens is 186 g/mol. The first-order chi connectivity index (χ1) is 7.15. The zero-order chi connectivity index (χ0) is 10.8. The molecule has 0 saturated heterocycles. The van der Waals surface area contributed by atoms with Crippen LogP contribution in [0.5, 0.6) is 0 Å². The number of aromatic nitrogens is 1. The van der Waals surface area contributed by atoms with Crippen LogP contribution in [0, 0.1) is 20.8 Å². The minimum Gasteiger partial charge on any atom is -0.446 e. The third-order valence-electron chi connectivity index (χ3n) is 2.52. The molecule has 0 fully saturated rings. The molecule has 2 nitrogen and oxygen atoms in total. The highest BCUT2D eigenvalue weighted by Gasteiger charge is 2.05. The molecule has 0 N–H and O–H groups in total. The van der Waals surface area contributed by atoms with Crippen molar-refractivity contribution in [1.29, 1.82) is 0 Å². The van der Waals surface area contributed by atoms with E-state index in [1.54, 1.807) is 6.20 Å². The Bertz CT molecular complexity index is 471. The minimum atomic E-state index is 0.779. The van der Waals surface area contributed by atoms with Crippen LogP contribution in [0.3, 0.4) is 0 Å². The van der Waals surface area contributed by atoms with Gasteiger partial charge in [-0.15, -0.1) is 0 Å². The molecular formula is C13H15NO. The molecule has 15 heavy (non-hydrogen) atoms. The molecule has 1 aromatic heterocycles. The van der Waals surface area contributed by atoms with Gasteiger partial charge in [0.1, 0.15) is 5.76 Å². The first kappa shape index (κ1) is 9.97. The van der Waals surface area contributed by atoms with Gasteiger partial charge in [-0.05, 0) is 31.9 Å². The van der Waals surface area contributed by atoms with Crippen LogP contribution >= 0.6 is 0 Å². The third kappa shape index (κ3) is 2.27. The Morgan fingerprint density at radius 3 is 2.67 bits per heavy atom. The monoisotopic (exact) mass is 201 g/mol. The molecule has 2 heteroatoms. The Hall–Kier alpha value is -1.57. The fraction of sp³-hybridized carbons (Fsp3) is 0.308. The van der Waals surface area contributed by atoms with E-state index in [4.69, 9.17) is 4.42 Å². The molecule has 2 rings (SSSR count). The fourth-order valence-electron chi connectivity index (χ4n) is 1.64. The number of benzene rings is 1. The maximum atomic E-state index is 5.47. The number of oxazole rings is 1. The molecule has 1 heterocycles. The van der Waals surface area contributed by atoms with E-state index in [0.717, 1.165) is 18.1 Å². The Morgan fingerprint density at radius 2 is 2.00 bits per heavy atom. The molecule has 0 atom stereocenters. The van der Waals surface area contributed by atoms with Gasteiger partial charge < -0.3 is 4.42 Å². The van der Waals surface area contributed by atoms with Crippen LogP contribution in [0.2, 0.25) is 0 Å². The van der Waals surface area contributed by atoms with Crippen molar-refractivity contribution in [2.45, 2.75) is 27.2 Å². The fourth-order valence-corrected chi connectivity index (χ4v) is 1.64. The van der Waals surface area contributed by atoms with E-state index in [9.17, 15) is 0 Å². The van der Waals surface area contributed by atoms with Gasteiger partial charge in [0.2, 0.25) is 0 Å². The third-order valence-corrected chi connectivity index (χ3v) is 2.52. The van der Waals surface area contributed by atoms with Crippen molar-refractivity contribution in [2.75, 3.05) is 0 Å². The van der Waals surface area contributed by atoms with E-state index in [1.165, 1.54) is 16.7 Å². The van der Waals surface area contributed by atoms with Crippen LogP contribution in [0.4, 0.5) is 0 Å². The van der Waals surface area contributed by atoms with Gasteiger partial charge in [0.05, 0.1) is 6.20 Å². The standard InChI is InChI=1S/C13H15NO/c1-9-4-5-10(2)12(6-9)7-13-14-8-11(3)15-13/h4-6,8H,7H2,1-3H3. The molecule has 0 aliphatic carbocycles. The lowest BCUT2D eigenvalue weighted by Gasteiger charge is -2.04. The maximum absolute atomic E-state index is 5.47. The molecule has 78 valence electrons. The summed E-state index contributed by atoms with van der Waals surface area (Å²) < 4.78 is 5.47. The van der Waals surface area contributed by atoms with Gasteiger partial charge in [-0.25, -0.2) is 4.98 Å². The van der Waals surface area contributed by atoms with Gasteiger partial charge in [-0.1, -0.05) is 23.8 Å². The summed E-state index contributed by atoms with van der Waals surface area (Å²) in [5, 5.41) is 0. The van der Waals surface area contributed by atoms with Gasteiger partial charge >= 0.3 is 0 Å². The van der Waals surface area contributed by atoms with E-state index in [2.05, 4.69) is 37.0 Å². The second-order valence-corrected chi connectivity index (χ2v) is 3.97. The average Bonchev–Trinajstić information content (AvgIpc) is 2.58. The first-order valence-electron chi connectivity index (χ1n) is 5.12. The zero-order valence-corrected chi connectivity index (χ0v) is 9.37. The van der Waals surface area contributed by atoms with Crippen molar-refractivity contribution in [3.63, 3.8) is 0 Å². The highest BCUT2D eigenvalue weighted by Crippen LogP contribution is 2.15. The predicted octanol–water partition coefficient (Wildman–Crippen LogP) is 3.19. The zero-order valence-electron chi connectivity index (χ0n) is 9.37. The van der Waals surface area contributed by atoms with Crippen molar-refractivity contribution in [3.05, 3.63) is 52.7 Å². The highest BCUT2D eigenvalue weighted by molar-refractivity contribution is 5.32. The van der Waals surface area contributed by atoms with Gasteiger partial charge in [-0.3, -0.25) is 0 Å². The lowest BCUT2D eigenvalue weighted by atomic mass is 10.0. The molecule has 0 radical (unpaired) electrons. The first-order valence-corrected chi connectivity index (χ1v) is 5.12. The average molecular weight is 201 g/mol. The molecule has 0 aliphatic rings. The summed E-state index contributed by atoms with van der Waals surface area (Å²) in [6, 6.07) is 6.45. The van der Waals surface area contributed by atoms with Gasteiger partial charge in [0, 0.05) is 6.42 Å². The molecule has 0 spiro atoms. The minimum absolute atomic E-state index is 0.779. The lowest BCUT2D eigenvalue weighted by Crippen LogP contribution is -1.92. The summed E-state index contributed by atoms with van der Waals surface area (Å²) in [7, 11) is 0. The summed E-state index contributed by atoms with van der Waals surface area (Å²) in [6.45, 7) is 6.13. The van der Waals surface area contributed by atoms with Gasteiger partial charge in [-0.2, -0.15) is 0 Å². The number of hydrogen-bond donors (Lipinski definition) is 0. The molecule has 0 amide bonds. The molecule has 2 aromatic rings. The Kier molecular flexibility index (Phi) is 2.58. The van der Waals surface area contributed by atoms with Crippen LogP contribution in [0.15, 0.2) is 28.8 Å². The smallest absolute Gasteiger partial charge is 0.198 e. The number of aryl methyl sites for hydroxylation is 3. The van der Waals surface area contributed by atoms with E-state index in [0.29, 0.717) is 0 Å². The van der Waals surface area contributed by atoms with Gasteiger partial charge in [0.15, 0.2) is 5.89 Å². The Labute approximate surface area is 90.0 Å². The van der Waals surface area contributed by atoms with Crippen molar-refractivity contribution >= 4 is 0 Å². The van der Waals surface area contributed by atoms with Crippen molar-refractivity contribution in [3.8, 4) is 0 Å². The molecule has 0 aliphatic heterocycles. The highest BCUT2D eigenvalue weighted by atomic mass is 16.3. The molecule has 1 aromatic carbocycles. The SMILES string of the molecule is Cc1ccc(C)c(Cc2ncc(C)o2)c1. The number of hydrogen-bond acceptors (Lipinski definition) is 2. The van der Waals surface area contributed by atoms with Crippen LogP contribution in [-0.2, 0) is 6.42 Å². The van der Waals surface area contributed by atoms with Crippen molar-refractivity contribution in [1.82, 2.24) is 4.98 Å². The van der Waals surface area contributed by atoms with Crippen LogP contribution in [-0.4, -0.2) is 4.98 Å². The summed E-state index contributed by atoms with van der Waals surface area (Å²) in [5.41, 5.74) is 3.85. The largest absolute Gasteiger partial charge is 0.446 e. The lowest BCUT2D eigenvalue weighted by molar-refractivity contribution is 0.481. The molecule has 0 bridgehead atoms. The Balaban J connectivity index is 2.27. The summed E-state index contributed by atoms with van der Waals surface area (Å²) in [5.74, 6) is 1.66. The summed E-state index contributed by atoms with van der Waals surface area (Å²) >= 11 is 0. The van der Waals surface area contributed by atoms with Crippen LogP contribution in [0.1, 0.15) is 28.3 Å².